The number of amides is 2. The molecule has 1 saturated heterocycles. The molecule has 0 aliphatic carbocycles. The lowest BCUT2D eigenvalue weighted by atomic mass is 10.1. The van der Waals surface area contributed by atoms with Gasteiger partial charge in [0.25, 0.3) is 0 Å². The van der Waals surface area contributed by atoms with Crippen molar-refractivity contribution in [2.75, 3.05) is 45.7 Å². The van der Waals surface area contributed by atoms with Crippen molar-refractivity contribution in [3.63, 3.8) is 0 Å². The molecule has 0 radical (unpaired) electrons. The van der Waals surface area contributed by atoms with Crippen LogP contribution in [0.5, 0.6) is 5.75 Å². The Labute approximate surface area is 214 Å². The molecule has 1 aliphatic heterocycles. The number of carbonyl (C=O) groups is 1. The highest BCUT2D eigenvalue weighted by Crippen LogP contribution is 2.21. The van der Waals surface area contributed by atoms with Crippen molar-refractivity contribution < 1.29 is 19.0 Å². The number of aliphatic hydroxyl groups is 1. The van der Waals surface area contributed by atoms with Crippen LogP contribution in [-0.2, 0) is 0 Å². The minimum Gasteiger partial charge on any atom is -0.497 e. The lowest BCUT2D eigenvalue weighted by Gasteiger charge is -2.24. The number of nitrogens with zero attached hydrogens (tertiary/aromatic N) is 1. The van der Waals surface area contributed by atoms with Crippen molar-refractivity contribution in [1.82, 2.24) is 10.2 Å². The van der Waals surface area contributed by atoms with Crippen LogP contribution in [0, 0.1) is 5.82 Å². The fraction of sp³-hybridized carbons (Fsp3) is 0.345. The lowest BCUT2D eigenvalue weighted by Crippen LogP contribution is -2.37. The van der Waals surface area contributed by atoms with Crippen LogP contribution in [-0.4, -0.2) is 56.4 Å². The second-order valence-corrected chi connectivity index (χ2v) is 8.16. The van der Waals surface area contributed by atoms with Crippen LogP contribution in [0.4, 0.5) is 14.9 Å². The Morgan fingerprint density at radius 1 is 0.861 bits per heavy atom. The summed E-state index contributed by atoms with van der Waals surface area (Å²) in [5.41, 5.74) is 2.38. The van der Waals surface area contributed by atoms with E-state index in [2.05, 4.69) is 10.6 Å². The van der Waals surface area contributed by atoms with E-state index in [0.717, 1.165) is 76.0 Å². The summed E-state index contributed by atoms with van der Waals surface area (Å²) in [5.74, 6) is 0.619. The molecule has 194 valence electrons. The van der Waals surface area contributed by atoms with E-state index in [9.17, 15) is 9.18 Å². The SMILES string of the molecule is CO.COc1ccc(NC(=O)N2CCCCNCCCC2)cc1.Fc1ccccc1-c1ccccc1. The Kier molecular flexibility index (Phi) is 13.7. The third-order valence-corrected chi connectivity index (χ3v) is 5.65. The van der Waals surface area contributed by atoms with Gasteiger partial charge in [-0.3, -0.25) is 0 Å². The van der Waals surface area contributed by atoms with E-state index in [0.29, 0.717) is 5.56 Å². The Morgan fingerprint density at radius 3 is 2.03 bits per heavy atom. The summed E-state index contributed by atoms with van der Waals surface area (Å²) in [6.45, 7) is 3.75. The van der Waals surface area contributed by atoms with Crippen molar-refractivity contribution in [1.29, 1.82) is 0 Å². The number of hydrogen-bond acceptors (Lipinski definition) is 4. The molecule has 3 aromatic carbocycles. The van der Waals surface area contributed by atoms with Gasteiger partial charge in [0.2, 0.25) is 0 Å². The highest BCUT2D eigenvalue weighted by Gasteiger charge is 2.13. The monoisotopic (exact) mass is 495 g/mol. The zero-order valence-corrected chi connectivity index (χ0v) is 21.3. The summed E-state index contributed by atoms with van der Waals surface area (Å²) >= 11 is 0. The summed E-state index contributed by atoms with van der Waals surface area (Å²) in [7, 11) is 2.63. The zero-order valence-electron chi connectivity index (χ0n) is 21.3. The lowest BCUT2D eigenvalue weighted by molar-refractivity contribution is 0.208. The first-order chi connectivity index (χ1) is 17.7. The van der Waals surface area contributed by atoms with Crippen LogP contribution < -0.4 is 15.4 Å². The predicted molar refractivity (Wildman–Crippen MR) is 145 cm³/mol. The Morgan fingerprint density at radius 2 is 1.44 bits per heavy atom. The molecule has 0 saturated carbocycles. The van der Waals surface area contributed by atoms with E-state index in [-0.39, 0.29) is 11.8 Å². The molecule has 0 unspecified atom stereocenters. The quantitative estimate of drug-likeness (QED) is 0.430. The van der Waals surface area contributed by atoms with E-state index < -0.39 is 0 Å². The Balaban J connectivity index is 0.000000260. The van der Waals surface area contributed by atoms with Crippen LogP contribution in [0.1, 0.15) is 25.7 Å². The molecule has 36 heavy (non-hydrogen) atoms. The number of anilines is 1. The number of benzene rings is 3. The van der Waals surface area contributed by atoms with Crippen LogP contribution in [0.15, 0.2) is 78.9 Å². The number of ether oxygens (including phenoxy) is 1. The van der Waals surface area contributed by atoms with Crippen molar-refractivity contribution in [3.05, 3.63) is 84.7 Å². The number of hydrogen-bond donors (Lipinski definition) is 3. The van der Waals surface area contributed by atoms with Gasteiger partial charge in [-0.25, -0.2) is 9.18 Å². The standard InChI is InChI=1S/C16H25N3O2.C12H9F.CH4O/c1-21-15-8-6-14(7-9-15)18-16(20)19-12-4-2-10-17-11-3-5-13-19;13-12-9-5-4-8-11(12)10-6-2-1-3-7-10;1-2/h6-9,17H,2-5,10-13H2,1H3,(H,18,20);1-9H;2H,1H3. The first kappa shape index (κ1) is 28.8. The first-order valence-corrected chi connectivity index (χ1v) is 12.3. The van der Waals surface area contributed by atoms with E-state index >= 15 is 0 Å². The number of halogens is 1. The normalized spacial score (nSPS) is 13.7. The van der Waals surface area contributed by atoms with Gasteiger partial charge in [-0.1, -0.05) is 48.5 Å². The van der Waals surface area contributed by atoms with E-state index in [1.165, 1.54) is 6.07 Å². The van der Waals surface area contributed by atoms with Crippen LogP contribution in [0.25, 0.3) is 11.1 Å². The van der Waals surface area contributed by atoms with Gasteiger partial charge in [-0.2, -0.15) is 0 Å². The van der Waals surface area contributed by atoms with E-state index in [1.807, 2.05) is 65.6 Å². The average Bonchev–Trinajstić information content (AvgIpc) is 2.94. The van der Waals surface area contributed by atoms with Gasteiger partial charge in [0, 0.05) is 31.5 Å². The topological polar surface area (TPSA) is 73.8 Å². The van der Waals surface area contributed by atoms with Gasteiger partial charge in [0.15, 0.2) is 0 Å². The molecule has 0 aromatic heterocycles. The minimum absolute atomic E-state index is 0.00583. The van der Waals surface area contributed by atoms with Crippen LogP contribution in [0.3, 0.4) is 0 Å². The highest BCUT2D eigenvalue weighted by atomic mass is 19.1. The van der Waals surface area contributed by atoms with Crippen molar-refractivity contribution in [3.8, 4) is 16.9 Å². The minimum atomic E-state index is -0.172. The predicted octanol–water partition coefficient (Wildman–Crippen LogP) is 5.79. The summed E-state index contributed by atoms with van der Waals surface area (Å²) in [4.78, 5) is 14.3. The smallest absolute Gasteiger partial charge is 0.321 e. The van der Waals surface area contributed by atoms with Gasteiger partial charge in [0.1, 0.15) is 11.6 Å². The van der Waals surface area contributed by atoms with Crippen LogP contribution >= 0.6 is 0 Å². The molecule has 4 rings (SSSR count). The second kappa shape index (κ2) is 17.1. The molecule has 0 bridgehead atoms. The molecule has 6 nitrogen and oxygen atoms in total. The number of urea groups is 1. The van der Waals surface area contributed by atoms with E-state index in [4.69, 9.17) is 9.84 Å². The van der Waals surface area contributed by atoms with Crippen molar-refractivity contribution >= 4 is 11.7 Å². The summed E-state index contributed by atoms with van der Waals surface area (Å²) < 4.78 is 18.4. The van der Waals surface area contributed by atoms with Crippen LogP contribution in [0.2, 0.25) is 0 Å². The summed E-state index contributed by atoms with van der Waals surface area (Å²) in [6, 6.07) is 23.7. The Bertz CT molecular complexity index is 990. The summed E-state index contributed by atoms with van der Waals surface area (Å²) in [5, 5.41) is 13.4. The molecule has 0 spiro atoms. The molecule has 3 aromatic rings. The molecule has 7 heteroatoms. The average molecular weight is 496 g/mol. The largest absolute Gasteiger partial charge is 0.497 e. The molecule has 1 fully saturated rings. The van der Waals surface area contributed by atoms with Gasteiger partial charge in [-0.05, 0) is 74.7 Å². The van der Waals surface area contributed by atoms with Gasteiger partial charge in [-0.15, -0.1) is 0 Å². The Hall–Kier alpha value is -3.42. The third-order valence-electron chi connectivity index (χ3n) is 5.65. The third kappa shape index (κ3) is 10.1. The second-order valence-electron chi connectivity index (χ2n) is 8.16. The molecular weight excluding hydrogens is 457 g/mol. The van der Waals surface area contributed by atoms with Crippen molar-refractivity contribution in [2.45, 2.75) is 25.7 Å². The molecule has 1 aliphatic rings. The molecule has 0 atom stereocenters. The van der Waals surface area contributed by atoms with Gasteiger partial charge < -0.3 is 25.4 Å². The maximum absolute atomic E-state index is 13.3. The number of rotatable bonds is 3. The highest BCUT2D eigenvalue weighted by molar-refractivity contribution is 5.89. The number of aliphatic hydroxyl groups excluding tert-OH is 1. The molecule has 3 N–H and O–H groups in total. The summed E-state index contributed by atoms with van der Waals surface area (Å²) in [6.07, 6.45) is 4.32. The van der Waals surface area contributed by atoms with Crippen molar-refractivity contribution in [2.24, 2.45) is 0 Å². The maximum Gasteiger partial charge on any atom is 0.321 e. The zero-order chi connectivity index (χ0) is 26.0. The van der Waals surface area contributed by atoms with E-state index in [1.54, 1.807) is 19.2 Å². The number of nitrogens with one attached hydrogen (secondary N) is 2. The van der Waals surface area contributed by atoms with Gasteiger partial charge in [0.05, 0.1) is 7.11 Å². The fourth-order valence-corrected chi connectivity index (χ4v) is 3.74. The number of carbonyl (C=O) groups excluding carboxylic acids is 1. The molecule has 1 heterocycles. The molecule has 2 amide bonds. The molecular formula is C29H38FN3O3. The first-order valence-electron chi connectivity index (χ1n) is 12.3. The maximum atomic E-state index is 13.3. The number of methoxy groups -OCH3 is 1. The van der Waals surface area contributed by atoms with Gasteiger partial charge >= 0.3 is 6.03 Å². The fourth-order valence-electron chi connectivity index (χ4n) is 3.74.